The van der Waals surface area contributed by atoms with Gasteiger partial charge in [-0.05, 0) is 57.2 Å². The Hall–Kier alpha value is -1.47. The lowest BCUT2D eigenvalue weighted by Gasteiger charge is -2.42. The Bertz CT molecular complexity index is 642. The molecule has 3 saturated heterocycles. The quantitative estimate of drug-likeness (QED) is 0.755. The third-order valence-corrected chi connectivity index (χ3v) is 6.85. The highest BCUT2D eigenvalue weighted by Gasteiger charge is 2.41. The summed E-state index contributed by atoms with van der Waals surface area (Å²) in [6.45, 7) is 5.21. The van der Waals surface area contributed by atoms with Crippen molar-refractivity contribution in [3.63, 3.8) is 0 Å². The van der Waals surface area contributed by atoms with Crippen LogP contribution in [-0.2, 0) is 16.0 Å². The number of aliphatic hydroxyl groups excluding tert-OH is 1. The standard InChI is InChI=1S/C23H35N3O3/c27-21-16-22(23(28)24-11-6-18-4-2-1-3-5-18)26(17-21)20-7-12-25(13-8-20)19-9-14-29-15-10-19/h1-5,19-22,27H,6-17H2,(H,24,28)/t21-,22+/m1/s1. The zero-order valence-electron chi connectivity index (χ0n) is 17.3. The second-order valence-electron chi connectivity index (χ2n) is 8.74. The van der Waals surface area contributed by atoms with Gasteiger partial charge in [0.15, 0.2) is 0 Å². The predicted octanol–water partition coefficient (Wildman–Crippen LogP) is 1.42. The van der Waals surface area contributed by atoms with E-state index in [0.717, 1.165) is 58.4 Å². The number of ether oxygens (including phenoxy) is 1. The fraction of sp³-hybridized carbons (Fsp3) is 0.696. The first-order valence-corrected chi connectivity index (χ1v) is 11.3. The van der Waals surface area contributed by atoms with Crippen LogP contribution in [0.5, 0.6) is 0 Å². The van der Waals surface area contributed by atoms with Gasteiger partial charge in [-0.3, -0.25) is 9.69 Å². The van der Waals surface area contributed by atoms with Crippen molar-refractivity contribution < 1.29 is 14.6 Å². The molecule has 0 unspecified atom stereocenters. The second-order valence-corrected chi connectivity index (χ2v) is 8.74. The number of piperidine rings is 1. The number of hydrogen-bond donors (Lipinski definition) is 2. The number of hydrogen-bond acceptors (Lipinski definition) is 5. The minimum Gasteiger partial charge on any atom is -0.392 e. The van der Waals surface area contributed by atoms with Gasteiger partial charge in [-0.15, -0.1) is 0 Å². The van der Waals surface area contributed by atoms with E-state index in [1.807, 2.05) is 18.2 Å². The van der Waals surface area contributed by atoms with E-state index in [-0.39, 0.29) is 11.9 Å². The Balaban J connectivity index is 1.27. The van der Waals surface area contributed by atoms with E-state index in [0.29, 0.717) is 31.6 Å². The molecule has 3 fully saturated rings. The molecule has 6 nitrogen and oxygen atoms in total. The van der Waals surface area contributed by atoms with Crippen LogP contribution in [0, 0.1) is 0 Å². The average molecular weight is 402 g/mol. The molecule has 6 heteroatoms. The van der Waals surface area contributed by atoms with Crippen molar-refractivity contribution in [3.8, 4) is 0 Å². The van der Waals surface area contributed by atoms with Crippen molar-refractivity contribution in [2.24, 2.45) is 0 Å². The topological polar surface area (TPSA) is 65.0 Å². The number of nitrogens with one attached hydrogen (secondary N) is 1. The Labute approximate surface area is 174 Å². The summed E-state index contributed by atoms with van der Waals surface area (Å²) in [5.41, 5.74) is 1.23. The molecule has 1 aromatic carbocycles. The van der Waals surface area contributed by atoms with E-state index >= 15 is 0 Å². The van der Waals surface area contributed by atoms with E-state index in [9.17, 15) is 9.90 Å². The maximum atomic E-state index is 12.9. The van der Waals surface area contributed by atoms with Gasteiger partial charge < -0.3 is 20.1 Å². The van der Waals surface area contributed by atoms with E-state index in [4.69, 9.17) is 4.74 Å². The molecular formula is C23H35N3O3. The highest BCUT2D eigenvalue weighted by molar-refractivity contribution is 5.82. The zero-order chi connectivity index (χ0) is 20.1. The van der Waals surface area contributed by atoms with E-state index in [1.165, 1.54) is 5.56 Å². The lowest BCUT2D eigenvalue weighted by atomic mass is 9.98. The van der Waals surface area contributed by atoms with Gasteiger partial charge in [0, 0.05) is 38.4 Å². The molecule has 0 spiro atoms. The third kappa shape index (κ3) is 5.37. The predicted molar refractivity (Wildman–Crippen MR) is 113 cm³/mol. The monoisotopic (exact) mass is 401 g/mol. The molecule has 2 atom stereocenters. The fourth-order valence-electron chi connectivity index (χ4n) is 5.22. The summed E-state index contributed by atoms with van der Waals surface area (Å²) in [4.78, 5) is 17.8. The minimum absolute atomic E-state index is 0.0735. The van der Waals surface area contributed by atoms with E-state index in [1.54, 1.807) is 0 Å². The molecule has 3 aliphatic heterocycles. The molecule has 4 rings (SSSR count). The van der Waals surface area contributed by atoms with Gasteiger partial charge >= 0.3 is 0 Å². The summed E-state index contributed by atoms with van der Waals surface area (Å²) in [5, 5.41) is 13.4. The highest BCUT2D eigenvalue weighted by atomic mass is 16.5. The minimum atomic E-state index is -0.395. The van der Waals surface area contributed by atoms with Crippen molar-refractivity contribution in [3.05, 3.63) is 35.9 Å². The first-order valence-electron chi connectivity index (χ1n) is 11.3. The maximum Gasteiger partial charge on any atom is 0.237 e. The number of nitrogens with zero attached hydrogens (tertiary/aromatic N) is 2. The van der Waals surface area contributed by atoms with Crippen LogP contribution in [0.15, 0.2) is 30.3 Å². The van der Waals surface area contributed by atoms with Gasteiger partial charge in [-0.25, -0.2) is 0 Å². The average Bonchev–Trinajstić information content (AvgIpc) is 3.17. The van der Waals surface area contributed by atoms with Gasteiger partial charge in [-0.2, -0.15) is 0 Å². The molecule has 0 radical (unpaired) electrons. The van der Waals surface area contributed by atoms with Crippen LogP contribution in [-0.4, -0.2) is 84.4 Å². The lowest BCUT2D eigenvalue weighted by Crippen LogP contribution is -2.53. The molecular weight excluding hydrogens is 366 g/mol. The number of benzene rings is 1. The van der Waals surface area contributed by atoms with Crippen LogP contribution in [0.25, 0.3) is 0 Å². The third-order valence-electron chi connectivity index (χ3n) is 6.85. The summed E-state index contributed by atoms with van der Waals surface area (Å²) in [7, 11) is 0. The van der Waals surface area contributed by atoms with E-state index < -0.39 is 6.10 Å². The maximum absolute atomic E-state index is 12.9. The molecule has 3 heterocycles. The number of carbonyl (C=O) groups is 1. The van der Waals surface area contributed by atoms with Gasteiger partial charge in [0.25, 0.3) is 0 Å². The number of β-amino-alcohol motifs (C(OH)–C–C–N with tert-alkyl or cyclic N) is 1. The van der Waals surface area contributed by atoms with Crippen molar-refractivity contribution in [1.82, 2.24) is 15.1 Å². The van der Waals surface area contributed by atoms with Crippen molar-refractivity contribution in [2.75, 3.05) is 39.4 Å². The molecule has 3 aliphatic rings. The SMILES string of the molecule is O=C(NCCc1ccccc1)[C@@H]1C[C@@H](O)CN1C1CCN(C2CCOCC2)CC1. The molecule has 0 aromatic heterocycles. The molecule has 1 amide bonds. The van der Waals surface area contributed by atoms with Crippen molar-refractivity contribution >= 4 is 5.91 Å². The van der Waals surface area contributed by atoms with Crippen LogP contribution < -0.4 is 5.32 Å². The van der Waals surface area contributed by atoms with Crippen molar-refractivity contribution in [1.29, 1.82) is 0 Å². The van der Waals surface area contributed by atoms with Gasteiger partial charge in [-0.1, -0.05) is 30.3 Å². The van der Waals surface area contributed by atoms with Crippen LogP contribution in [0.2, 0.25) is 0 Å². The van der Waals surface area contributed by atoms with Crippen molar-refractivity contribution in [2.45, 2.75) is 62.8 Å². The smallest absolute Gasteiger partial charge is 0.237 e. The number of carbonyl (C=O) groups excluding carboxylic acids is 1. The Morgan fingerprint density at radius 3 is 2.52 bits per heavy atom. The summed E-state index contributed by atoms with van der Waals surface area (Å²) in [6.07, 6.45) is 5.44. The molecule has 0 aliphatic carbocycles. The summed E-state index contributed by atoms with van der Waals surface area (Å²) < 4.78 is 5.50. The second kappa shape index (κ2) is 10.0. The fourth-order valence-corrected chi connectivity index (χ4v) is 5.22. The zero-order valence-corrected chi connectivity index (χ0v) is 17.3. The normalized spacial score (nSPS) is 27.9. The molecule has 1 aromatic rings. The largest absolute Gasteiger partial charge is 0.392 e. The molecule has 29 heavy (non-hydrogen) atoms. The summed E-state index contributed by atoms with van der Waals surface area (Å²) in [6, 6.07) is 11.1. The van der Waals surface area contributed by atoms with Gasteiger partial charge in [0.2, 0.25) is 5.91 Å². The molecule has 0 saturated carbocycles. The number of aliphatic hydroxyl groups is 1. The Kier molecular flexibility index (Phi) is 7.19. The molecule has 2 N–H and O–H groups in total. The van der Waals surface area contributed by atoms with E-state index in [2.05, 4.69) is 27.2 Å². The number of likely N-dealkylation sites (tertiary alicyclic amines) is 2. The first-order chi connectivity index (χ1) is 14.2. The Morgan fingerprint density at radius 1 is 1.07 bits per heavy atom. The highest BCUT2D eigenvalue weighted by Crippen LogP contribution is 2.28. The Morgan fingerprint density at radius 2 is 1.79 bits per heavy atom. The van der Waals surface area contributed by atoms with Crippen LogP contribution in [0.4, 0.5) is 0 Å². The van der Waals surface area contributed by atoms with Gasteiger partial charge in [0.05, 0.1) is 12.1 Å². The lowest BCUT2D eigenvalue weighted by molar-refractivity contribution is -0.126. The first kappa shape index (κ1) is 20.8. The number of amides is 1. The molecule has 160 valence electrons. The summed E-state index contributed by atoms with van der Waals surface area (Å²) in [5.74, 6) is 0.0735. The number of rotatable bonds is 6. The van der Waals surface area contributed by atoms with Crippen LogP contribution in [0.3, 0.4) is 0 Å². The van der Waals surface area contributed by atoms with Gasteiger partial charge in [0.1, 0.15) is 0 Å². The van der Waals surface area contributed by atoms with Crippen LogP contribution in [0.1, 0.15) is 37.7 Å². The molecule has 0 bridgehead atoms. The van der Waals surface area contributed by atoms with Crippen LogP contribution >= 0.6 is 0 Å². The summed E-state index contributed by atoms with van der Waals surface area (Å²) >= 11 is 0.